The summed E-state index contributed by atoms with van der Waals surface area (Å²) in [6, 6.07) is 17.9. The number of imidazole rings is 1. The quantitative estimate of drug-likeness (QED) is 0.577. The van der Waals surface area contributed by atoms with E-state index in [0.717, 1.165) is 17.8 Å². The van der Waals surface area contributed by atoms with Gasteiger partial charge in [-0.05, 0) is 23.3 Å². The number of amides is 1. The highest BCUT2D eigenvalue weighted by molar-refractivity contribution is 5.93. The largest absolute Gasteiger partial charge is 0.348 e. The van der Waals surface area contributed by atoms with Crippen LogP contribution in [-0.4, -0.2) is 25.2 Å². The van der Waals surface area contributed by atoms with E-state index in [1.54, 1.807) is 29.6 Å². The van der Waals surface area contributed by atoms with Crippen molar-refractivity contribution < 1.29 is 4.79 Å². The molecular formula is C21H19N5O. The van der Waals surface area contributed by atoms with Gasteiger partial charge in [-0.1, -0.05) is 42.5 Å². The van der Waals surface area contributed by atoms with Crippen molar-refractivity contribution >= 4 is 5.91 Å². The third kappa shape index (κ3) is 4.12. The van der Waals surface area contributed by atoms with Gasteiger partial charge < -0.3 is 9.88 Å². The van der Waals surface area contributed by atoms with Crippen LogP contribution >= 0.6 is 0 Å². The molecule has 6 heteroatoms. The van der Waals surface area contributed by atoms with Gasteiger partial charge in [-0.3, -0.25) is 4.79 Å². The van der Waals surface area contributed by atoms with E-state index < -0.39 is 0 Å². The molecule has 4 aromatic rings. The number of hydrogen-bond donors (Lipinski definition) is 1. The Hall–Kier alpha value is -3.67. The van der Waals surface area contributed by atoms with Crippen molar-refractivity contribution in [2.24, 2.45) is 0 Å². The highest BCUT2D eigenvalue weighted by atomic mass is 16.1. The van der Waals surface area contributed by atoms with E-state index in [2.05, 4.69) is 27.5 Å². The summed E-state index contributed by atoms with van der Waals surface area (Å²) in [6.07, 6.45) is 8.81. The molecule has 0 fully saturated rings. The molecule has 0 aliphatic heterocycles. The summed E-state index contributed by atoms with van der Waals surface area (Å²) < 4.78 is 3.71. The van der Waals surface area contributed by atoms with Crippen LogP contribution in [0.15, 0.2) is 85.7 Å². The van der Waals surface area contributed by atoms with Crippen LogP contribution in [0.25, 0.3) is 5.69 Å². The molecule has 0 aliphatic carbocycles. The smallest absolute Gasteiger partial charge is 0.254 e. The molecule has 0 unspecified atom stereocenters. The van der Waals surface area contributed by atoms with E-state index in [0.29, 0.717) is 12.1 Å². The molecule has 4 rings (SSSR count). The fraction of sp³-hybridized carbons (Fsp3) is 0.0952. The predicted molar refractivity (Wildman–Crippen MR) is 103 cm³/mol. The lowest BCUT2D eigenvalue weighted by atomic mass is 10.1. The van der Waals surface area contributed by atoms with Crippen LogP contribution in [0, 0.1) is 0 Å². The Kier molecular flexibility index (Phi) is 4.78. The van der Waals surface area contributed by atoms with E-state index >= 15 is 0 Å². The number of para-hydroxylation sites is 1. The Labute approximate surface area is 157 Å². The molecular weight excluding hydrogens is 338 g/mol. The van der Waals surface area contributed by atoms with Crippen molar-refractivity contribution in [3.63, 3.8) is 0 Å². The van der Waals surface area contributed by atoms with Gasteiger partial charge in [0.1, 0.15) is 0 Å². The summed E-state index contributed by atoms with van der Waals surface area (Å²) in [6.45, 7) is 1.26. The molecule has 0 saturated heterocycles. The Morgan fingerprint density at radius 3 is 2.52 bits per heavy atom. The number of nitrogens with one attached hydrogen (secondary N) is 1. The summed E-state index contributed by atoms with van der Waals surface area (Å²) in [4.78, 5) is 16.4. The Balaban J connectivity index is 1.34. The normalized spacial score (nSPS) is 10.7. The van der Waals surface area contributed by atoms with Crippen molar-refractivity contribution in [3.05, 3.63) is 102 Å². The number of carbonyl (C=O) groups excluding carboxylic acids is 1. The highest BCUT2D eigenvalue weighted by Gasteiger charge is 2.09. The predicted octanol–water partition coefficient (Wildman–Crippen LogP) is 3.05. The first-order valence-electron chi connectivity index (χ1n) is 8.70. The van der Waals surface area contributed by atoms with Crippen LogP contribution in [0.1, 0.15) is 21.5 Å². The molecule has 0 atom stereocenters. The molecule has 134 valence electrons. The number of carbonyl (C=O) groups is 1. The van der Waals surface area contributed by atoms with Crippen LogP contribution in [0.3, 0.4) is 0 Å². The van der Waals surface area contributed by atoms with E-state index in [4.69, 9.17) is 0 Å². The summed E-state index contributed by atoms with van der Waals surface area (Å²) >= 11 is 0. The standard InChI is InChI=1S/C21H19N5O/c27-21(19-13-24-26(15-19)20-4-2-1-3-5-20)23-12-17-6-8-18(9-7-17)14-25-11-10-22-16-25/h1-11,13,15-16H,12,14H2,(H,23,27). The zero-order chi connectivity index (χ0) is 18.5. The van der Waals surface area contributed by atoms with Gasteiger partial charge in [0.05, 0.1) is 23.8 Å². The third-order valence-corrected chi connectivity index (χ3v) is 4.27. The molecule has 6 nitrogen and oxygen atoms in total. The lowest BCUT2D eigenvalue weighted by Gasteiger charge is -2.06. The second kappa shape index (κ2) is 7.70. The lowest BCUT2D eigenvalue weighted by molar-refractivity contribution is 0.0951. The maximum Gasteiger partial charge on any atom is 0.254 e. The van der Waals surface area contributed by atoms with Crippen LogP contribution in [-0.2, 0) is 13.1 Å². The van der Waals surface area contributed by atoms with Gasteiger partial charge in [-0.25, -0.2) is 9.67 Å². The Morgan fingerprint density at radius 1 is 1.00 bits per heavy atom. The van der Waals surface area contributed by atoms with Crippen LogP contribution < -0.4 is 5.32 Å². The minimum atomic E-state index is -0.139. The lowest BCUT2D eigenvalue weighted by Crippen LogP contribution is -2.22. The van der Waals surface area contributed by atoms with E-state index in [1.807, 2.05) is 53.2 Å². The van der Waals surface area contributed by atoms with E-state index in [1.165, 1.54) is 5.56 Å². The van der Waals surface area contributed by atoms with Gasteiger partial charge >= 0.3 is 0 Å². The minimum Gasteiger partial charge on any atom is -0.348 e. The maximum atomic E-state index is 12.4. The zero-order valence-corrected chi connectivity index (χ0v) is 14.7. The topological polar surface area (TPSA) is 64.7 Å². The average molecular weight is 357 g/mol. The molecule has 1 amide bonds. The van der Waals surface area contributed by atoms with Crippen molar-refractivity contribution in [3.8, 4) is 5.69 Å². The van der Waals surface area contributed by atoms with E-state index in [9.17, 15) is 4.79 Å². The first-order chi connectivity index (χ1) is 13.3. The average Bonchev–Trinajstić information content (AvgIpc) is 3.40. The summed E-state index contributed by atoms with van der Waals surface area (Å²) in [7, 11) is 0. The van der Waals surface area contributed by atoms with Crippen molar-refractivity contribution in [1.82, 2.24) is 24.6 Å². The van der Waals surface area contributed by atoms with Gasteiger partial charge in [0.15, 0.2) is 0 Å². The first kappa shape index (κ1) is 16.8. The van der Waals surface area contributed by atoms with Crippen LogP contribution in [0.2, 0.25) is 0 Å². The highest BCUT2D eigenvalue weighted by Crippen LogP contribution is 2.09. The number of hydrogen-bond acceptors (Lipinski definition) is 3. The fourth-order valence-electron chi connectivity index (χ4n) is 2.80. The molecule has 0 spiro atoms. The molecule has 2 heterocycles. The molecule has 0 bridgehead atoms. The molecule has 27 heavy (non-hydrogen) atoms. The van der Waals surface area contributed by atoms with Crippen LogP contribution in [0.5, 0.6) is 0 Å². The minimum absolute atomic E-state index is 0.139. The fourth-order valence-corrected chi connectivity index (χ4v) is 2.80. The van der Waals surface area contributed by atoms with Gasteiger partial charge in [0.2, 0.25) is 0 Å². The summed E-state index contributed by atoms with van der Waals surface area (Å²) in [5.41, 5.74) is 3.70. The number of rotatable bonds is 6. The van der Waals surface area contributed by atoms with Crippen LogP contribution in [0.4, 0.5) is 0 Å². The first-order valence-corrected chi connectivity index (χ1v) is 8.70. The second-order valence-electron chi connectivity index (χ2n) is 6.24. The molecule has 0 radical (unpaired) electrons. The van der Waals surface area contributed by atoms with Crippen molar-refractivity contribution in [2.75, 3.05) is 0 Å². The monoisotopic (exact) mass is 357 g/mol. The van der Waals surface area contributed by atoms with Crippen molar-refractivity contribution in [1.29, 1.82) is 0 Å². The van der Waals surface area contributed by atoms with Gasteiger partial charge in [0, 0.05) is 31.7 Å². The Morgan fingerprint density at radius 2 is 1.78 bits per heavy atom. The zero-order valence-electron chi connectivity index (χ0n) is 14.7. The number of aromatic nitrogens is 4. The molecule has 2 aromatic carbocycles. The molecule has 1 N–H and O–H groups in total. The summed E-state index contributed by atoms with van der Waals surface area (Å²) in [5.74, 6) is -0.139. The number of nitrogens with zero attached hydrogens (tertiary/aromatic N) is 4. The van der Waals surface area contributed by atoms with E-state index in [-0.39, 0.29) is 5.91 Å². The van der Waals surface area contributed by atoms with Gasteiger partial charge in [-0.2, -0.15) is 5.10 Å². The van der Waals surface area contributed by atoms with Gasteiger partial charge in [0.25, 0.3) is 5.91 Å². The van der Waals surface area contributed by atoms with Crippen molar-refractivity contribution in [2.45, 2.75) is 13.1 Å². The van der Waals surface area contributed by atoms with Gasteiger partial charge in [-0.15, -0.1) is 0 Å². The Bertz CT molecular complexity index is 1000. The molecule has 0 saturated carbocycles. The number of benzene rings is 2. The maximum absolute atomic E-state index is 12.4. The third-order valence-electron chi connectivity index (χ3n) is 4.27. The molecule has 2 aromatic heterocycles. The summed E-state index contributed by atoms with van der Waals surface area (Å²) in [5, 5.41) is 7.20. The second-order valence-corrected chi connectivity index (χ2v) is 6.24. The SMILES string of the molecule is O=C(NCc1ccc(Cn2ccnc2)cc1)c1cnn(-c2ccccc2)c1. The molecule has 0 aliphatic rings.